The number of aromatic nitrogens is 2. The molecule has 21 heavy (non-hydrogen) atoms. The first-order valence-corrected chi connectivity index (χ1v) is 7.07. The standard InChI is InChI=1S/C15H18N4O2/c16-12-3-1-2-4-13(12)17-14(20)7-8-18-9-10-19(15(18)21)11-5-6-11/h1-4,9-11H,5-8,16H2,(H,17,20). The van der Waals surface area contributed by atoms with Gasteiger partial charge in [0.25, 0.3) is 0 Å². The van der Waals surface area contributed by atoms with Crippen LogP contribution >= 0.6 is 0 Å². The molecule has 0 atom stereocenters. The van der Waals surface area contributed by atoms with Gasteiger partial charge in [-0.3, -0.25) is 13.9 Å². The largest absolute Gasteiger partial charge is 0.397 e. The molecule has 0 radical (unpaired) electrons. The maximum absolute atomic E-state index is 12.0. The van der Waals surface area contributed by atoms with Gasteiger partial charge in [-0.1, -0.05) is 12.1 Å². The van der Waals surface area contributed by atoms with E-state index < -0.39 is 0 Å². The third kappa shape index (κ3) is 2.99. The minimum absolute atomic E-state index is 0.0375. The van der Waals surface area contributed by atoms with Crippen molar-refractivity contribution in [3.63, 3.8) is 0 Å². The highest BCUT2D eigenvalue weighted by molar-refractivity contribution is 5.93. The highest BCUT2D eigenvalue weighted by atomic mass is 16.2. The van der Waals surface area contributed by atoms with Crippen LogP contribution in [0.4, 0.5) is 11.4 Å². The Hall–Kier alpha value is -2.50. The van der Waals surface area contributed by atoms with Gasteiger partial charge in [0.15, 0.2) is 0 Å². The topological polar surface area (TPSA) is 82.0 Å². The molecule has 1 heterocycles. The minimum Gasteiger partial charge on any atom is -0.397 e. The third-order valence-corrected chi connectivity index (χ3v) is 3.63. The summed E-state index contributed by atoms with van der Waals surface area (Å²) < 4.78 is 3.32. The van der Waals surface area contributed by atoms with Crippen molar-refractivity contribution in [2.75, 3.05) is 11.1 Å². The van der Waals surface area contributed by atoms with Crippen LogP contribution in [0, 0.1) is 0 Å². The average molecular weight is 286 g/mol. The van der Waals surface area contributed by atoms with Crippen LogP contribution in [0.3, 0.4) is 0 Å². The molecule has 2 aromatic rings. The first-order valence-electron chi connectivity index (χ1n) is 7.07. The Bertz CT molecular complexity index is 712. The second kappa shape index (κ2) is 5.47. The summed E-state index contributed by atoms with van der Waals surface area (Å²) >= 11 is 0. The van der Waals surface area contributed by atoms with Crippen molar-refractivity contribution in [2.24, 2.45) is 0 Å². The second-order valence-corrected chi connectivity index (χ2v) is 5.30. The van der Waals surface area contributed by atoms with Crippen LogP contribution in [0.1, 0.15) is 25.3 Å². The Labute approximate surface area is 122 Å². The quantitative estimate of drug-likeness (QED) is 0.819. The van der Waals surface area contributed by atoms with Crippen LogP contribution in [0.15, 0.2) is 41.5 Å². The van der Waals surface area contributed by atoms with Gasteiger partial charge in [-0.15, -0.1) is 0 Å². The van der Waals surface area contributed by atoms with E-state index in [4.69, 9.17) is 5.73 Å². The summed E-state index contributed by atoms with van der Waals surface area (Å²) in [6.45, 7) is 0.372. The molecule has 1 saturated carbocycles. The minimum atomic E-state index is -0.154. The molecule has 0 spiro atoms. The number of hydrogen-bond donors (Lipinski definition) is 2. The molecule has 1 aliphatic rings. The van der Waals surface area contributed by atoms with Gasteiger partial charge in [-0.2, -0.15) is 0 Å². The van der Waals surface area contributed by atoms with Crippen LogP contribution in [-0.2, 0) is 11.3 Å². The van der Waals surface area contributed by atoms with Gasteiger partial charge in [0.2, 0.25) is 5.91 Å². The van der Waals surface area contributed by atoms with Gasteiger partial charge in [-0.05, 0) is 25.0 Å². The Morgan fingerprint density at radius 2 is 2.05 bits per heavy atom. The summed E-state index contributed by atoms with van der Waals surface area (Å²) in [5, 5.41) is 2.76. The van der Waals surface area contributed by atoms with Crippen molar-refractivity contribution >= 4 is 17.3 Å². The van der Waals surface area contributed by atoms with Crippen LogP contribution in [-0.4, -0.2) is 15.0 Å². The van der Waals surface area contributed by atoms with Crippen molar-refractivity contribution in [2.45, 2.75) is 31.8 Å². The lowest BCUT2D eigenvalue weighted by Gasteiger charge is -2.07. The fourth-order valence-corrected chi connectivity index (χ4v) is 2.27. The maximum Gasteiger partial charge on any atom is 0.328 e. The fourth-order valence-electron chi connectivity index (χ4n) is 2.27. The third-order valence-electron chi connectivity index (χ3n) is 3.63. The summed E-state index contributed by atoms with van der Waals surface area (Å²) in [5.41, 5.74) is 6.87. The average Bonchev–Trinajstić information content (AvgIpc) is 3.24. The Balaban J connectivity index is 1.59. The molecule has 1 fully saturated rings. The van der Waals surface area contributed by atoms with Crippen molar-refractivity contribution in [3.8, 4) is 0 Å². The number of aryl methyl sites for hydroxylation is 1. The zero-order chi connectivity index (χ0) is 14.8. The van der Waals surface area contributed by atoms with Crippen LogP contribution in [0.2, 0.25) is 0 Å². The molecule has 0 saturated heterocycles. The van der Waals surface area contributed by atoms with Gasteiger partial charge in [0.1, 0.15) is 0 Å². The molecule has 6 heteroatoms. The Morgan fingerprint density at radius 3 is 2.76 bits per heavy atom. The first-order chi connectivity index (χ1) is 10.1. The molecule has 0 bridgehead atoms. The van der Waals surface area contributed by atoms with Gasteiger partial charge < -0.3 is 11.1 Å². The van der Waals surface area contributed by atoms with Gasteiger partial charge in [0, 0.05) is 31.4 Å². The van der Waals surface area contributed by atoms with E-state index in [0.29, 0.717) is 24.0 Å². The van der Waals surface area contributed by atoms with E-state index in [1.54, 1.807) is 33.7 Å². The molecule has 0 aliphatic heterocycles. The second-order valence-electron chi connectivity index (χ2n) is 5.30. The summed E-state index contributed by atoms with van der Waals surface area (Å²) in [4.78, 5) is 24.0. The first kappa shape index (κ1) is 13.5. The summed E-state index contributed by atoms with van der Waals surface area (Å²) in [6.07, 6.45) is 5.91. The van der Waals surface area contributed by atoms with E-state index in [-0.39, 0.29) is 18.0 Å². The van der Waals surface area contributed by atoms with Gasteiger partial charge >= 0.3 is 5.69 Å². The smallest absolute Gasteiger partial charge is 0.328 e. The summed E-state index contributed by atoms with van der Waals surface area (Å²) in [5.74, 6) is -0.154. The number of benzene rings is 1. The predicted octanol–water partition coefficient (Wildman–Crippen LogP) is 1.60. The number of carbonyl (C=O) groups excluding carboxylic acids is 1. The summed E-state index contributed by atoms with van der Waals surface area (Å²) in [7, 11) is 0. The molecule has 1 aliphatic carbocycles. The van der Waals surface area contributed by atoms with Gasteiger partial charge in [-0.25, -0.2) is 4.79 Å². The predicted molar refractivity (Wildman–Crippen MR) is 81.1 cm³/mol. The fraction of sp³-hybridized carbons (Fsp3) is 0.333. The monoisotopic (exact) mass is 286 g/mol. The number of anilines is 2. The van der Waals surface area contributed by atoms with E-state index >= 15 is 0 Å². The molecule has 1 aromatic heterocycles. The normalized spacial score (nSPS) is 14.1. The highest BCUT2D eigenvalue weighted by Crippen LogP contribution is 2.33. The number of amides is 1. The lowest BCUT2D eigenvalue weighted by molar-refractivity contribution is -0.116. The molecule has 6 nitrogen and oxygen atoms in total. The zero-order valence-electron chi connectivity index (χ0n) is 11.7. The molecule has 0 unspecified atom stereocenters. The molecule has 1 amide bonds. The summed E-state index contributed by atoms with van der Waals surface area (Å²) in [6, 6.07) is 7.47. The number of nitrogens with two attached hydrogens (primary N) is 1. The van der Waals surface area contributed by atoms with Crippen LogP contribution < -0.4 is 16.7 Å². The highest BCUT2D eigenvalue weighted by Gasteiger charge is 2.25. The molecule has 3 rings (SSSR count). The number of nitrogens with one attached hydrogen (secondary N) is 1. The number of nitrogens with zero attached hydrogens (tertiary/aromatic N) is 2. The van der Waals surface area contributed by atoms with Crippen LogP contribution in [0.25, 0.3) is 0 Å². The van der Waals surface area contributed by atoms with Crippen molar-refractivity contribution in [1.82, 2.24) is 9.13 Å². The van der Waals surface area contributed by atoms with E-state index in [1.165, 1.54) is 0 Å². The molecule has 1 aromatic carbocycles. The van der Waals surface area contributed by atoms with E-state index in [1.807, 2.05) is 12.1 Å². The number of imidazole rings is 1. The van der Waals surface area contributed by atoms with Crippen molar-refractivity contribution < 1.29 is 4.79 Å². The molecule has 110 valence electrons. The molecule has 3 N–H and O–H groups in total. The number of nitrogen functional groups attached to an aromatic ring is 1. The number of para-hydroxylation sites is 2. The number of rotatable bonds is 5. The lowest BCUT2D eigenvalue weighted by Crippen LogP contribution is -2.25. The van der Waals surface area contributed by atoms with E-state index in [0.717, 1.165) is 12.8 Å². The van der Waals surface area contributed by atoms with Crippen molar-refractivity contribution in [1.29, 1.82) is 0 Å². The lowest BCUT2D eigenvalue weighted by atomic mass is 10.2. The van der Waals surface area contributed by atoms with Crippen LogP contribution in [0.5, 0.6) is 0 Å². The Morgan fingerprint density at radius 1 is 1.29 bits per heavy atom. The van der Waals surface area contributed by atoms with E-state index in [9.17, 15) is 9.59 Å². The number of hydrogen-bond acceptors (Lipinski definition) is 3. The van der Waals surface area contributed by atoms with E-state index in [2.05, 4.69) is 5.32 Å². The SMILES string of the molecule is Nc1ccccc1NC(=O)CCn1ccn(C2CC2)c1=O. The Kier molecular flexibility index (Phi) is 3.51. The number of carbonyl (C=O) groups is 1. The molecular weight excluding hydrogens is 268 g/mol. The molecular formula is C15H18N4O2. The zero-order valence-corrected chi connectivity index (χ0v) is 11.7. The van der Waals surface area contributed by atoms with Gasteiger partial charge in [0.05, 0.1) is 11.4 Å². The maximum atomic E-state index is 12.0. The van der Waals surface area contributed by atoms with Crippen molar-refractivity contribution in [3.05, 3.63) is 47.1 Å².